The number of aryl methyl sites for hydroxylation is 1. The van der Waals surface area contributed by atoms with Gasteiger partial charge in [-0.3, -0.25) is 9.97 Å². The zero-order valence-electron chi connectivity index (χ0n) is 9.12. The summed E-state index contributed by atoms with van der Waals surface area (Å²) in [6, 6.07) is 0. The zero-order valence-corrected chi connectivity index (χ0v) is 9.12. The van der Waals surface area contributed by atoms with Crippen LogP contribution >= 0.6 is 0 Å². The lowest BCUT2D eigenvalue weighted by atomic mass is 10.4. The minimum atomic E-state index is 0.793. The van der Waals surface area contributed by atoms with Crippen LogP contribution in [0, 0.1) is 6.92 Å². The number of hydrogen-bond acceptors (Lipinski definition) is 4. The van der Waals surface area contributed by atoms with Crippen molar-refractivity contribution in [2.24, 2.45) is 0 Å². The Bertz CT molecular complexity index is 255. The van der Waals surface area contributed by atoms with Crippen LogP contribution in [0.2, 0.25) is 0 Å². The Balaban J connectivity index is 2.21. The Morgan fingerprint density at radius 1 is 1.29 bits per heavy atom. The van der Waals surface area contributed by atoms with Crippen molar-refractivity contribution >= 4 is 0 Å². The number of likely N-dealkylation sites (N-methyl/N-ethyl adjacent to an activating group) is 1. The molecule has 0 spiro atoms. The molecule has 4 nitrogen and oxygen atoms in total. The average Bonchev–Trinajstić information content (AvgIpc) is 2.15. The molecule has 0 saturated carbocycles. The van der Waals surface area contributed by atoms with Gasteiger partial charge in [-0.2, -0.15) is 0 Å². The van der Waals surface area contributed by atoms with Crippen LogP contribution in [-0.2, 0) is 6.54 Å². The second-order valence-electron chi connectivity index (χ2n) is 3.63. The molecule has 0 unspecified atom stereocenters. The van der Waals surface area contributed by atoms with Gasteiger partial charge in [-0.1, -0.05) is 0 Å². The maximum absolute atomic E-state index is 4.26. The first-order chi connectivity index (χ1) is 6.68. The second-order valence-corrected chi connectivity index (χ2v) is 3.63. The minimum absolute atomic E-state index is 0.793. The van der Waals surface area contributed by atoms with E-state index >= 15 is 0 Å². The highest BCUT2D eigenvalue weighted by Crippen LogP contribution is 1.92. The summed E-state index contributed by atoms with van der Waals surface area (Å²) in [5.41, 5.74) is 1.95. The van der Waals surface area contributed by atoms with Gasteiger partial charge < -0.3 is 10.2 Å². The van der Waals surface area contributed by atoms with E-state index < -0.39 is 0 Å². The SMILES string of the molecule is Cc1cnc(CNCCN(C)C)cn1. The molecule has 0 saturated heterocycles. The normalized spacial score (nSPS) is 10.9. The molecule has 0 aliphatic carbocycles. The van der Waals surface area contributed by atoms with E-state index in [1.165, 1.54) is 0 Å². The molecule has 0 atom stereocenters. The molecule has 78 valence electrons. The molecule has 0 amide bonds. The van der Waals surface area contributed by atoms with Crippen LogP contribution < -0.4 is 5.32 Å². The maximum atomic E-state index is 4.26. The first-order valence-corrected chi connectivity index (χ1v) is 4.81. The van der Waals surface area contributed by atoms with Crippen molar-refractivity contribution in [1.82, 2.24) is 20.2 Å². The molecule has 14 heavy (non-hydrogen) atoms. The van der Waals surface area contributed by atoms with Crippen LogP contribution in [0.15, 0.2) is 12.4 Å². The number of hydrogen-bond donors (Lipinski definition) is 1. The largest absolute Gasteiger partial charge is 0.310 e. The first kappa shape index (κ1) is 11.1. The van der Waals surface area contributed by atoms with Crippen LogP contribution in [0.1, 0.15) is 11.4 Å². The van der Waals surface area contributed by atoms with E-state index in [1.54, 1.807) is 6.20 Å². The molecule has 1 heterocycles. The Morgan fingerprint density at radius 3 is 2.64 bits per heavy atom. The fraction of sp³-hybridized carbons (Fsp3) is 0.600. The van der Waals surface area contributed by atoms with E-state index in [4.69, 9.17) is 0 Å². The highest BCUT2D eigenvalue weighted by Gasteiger charge is 1.94. The minimum Gasteiger partial charge on any atom is -0.310 e. The van der Waals surface area contributed by atoms with E-state index in [9.17, 15) is 0 Å². The fourth-order valence-electron chi connectivity index (χ4n) is 1.03. The molecule has 1 aromatic rings. The quantitative estimate of drug-likeness (QED) is 0.690. The van der Waals surface area contributed by atoms with Gasteiger partial charge in [0.25, 0.3) is 0 Å². The topological polar surface area (TPSA) is 41.1 Å². The van der Waals surface area contributed by atoms with Crippen molar-refractivity contribution in [2.45, 2.75) is 13.5 Å². The smallest absolute Gasteiger partial charge is 0.0724 e. The molecule has 0 aromatic carbocycles. The highest BCUT2D eigenvalue weighted by molar-refractivity contribution is 4.99. The van der Waals surface area contributed by atoms with Gasteiger partial charge in [0.05, 0.1) is 11.4 Å². The molecule has 0 bridgehead atoms. The Kier molecular flexibility index (Phi) is 4.49. The van der Waals surface area contributed by atoms with Crippen LogP contribution in [0.3, 0.4) is 0 Å². The molecule has 1 N–H and O–H groups in total. The van der Waals surface area contributed by atoms with Gasteiger partial charge in [0.2, 0.25) is 0 Å². The van der Waals surface area contributed by atoms with Crippen molar-refractivity contribution in [3.8, 4) is 0 Å². The molecule has 4 heteroatoms. The van der Waals surface area contributed by atoms with E-state index in [2.05, 4.69) is 34.3 Å². The molecule has 0 fully saturated rings. The number of rotatable bonds is 5. The lowest BCUT2D eigenvalue weighted by Gasteiger charge is -2.09. The summed E-state index contributed by atoms with van der Waals surface area (Å²) in [5.74, 6) is 0. The van der Waals surface area contributed by atoms with Gasteiger partial charge in [0.15, 0.2) is 0 Å². The van der Waals surface area contributed by atoms with Crippen molar-refractivity contribution in [1.29, 1.82) is 0 Å². The average molecular weight is 194 g/mol. The Morgan fingerprint density at radius 2 is 2.07 bits per heavy atom. The van der Waals surface area contributed by atoms with Crippen molar-refractivity contribution < 1.29 is 0 Å². The van der Waals surface area contributed by atoms with Gasteiger partial charge in [0, 0.05) is 32.0 Å². The predicted octanol–water partition coefficient (Wildman–Crippen LogP) is 0.436. The summed E-state index contributed by atoms with van der Waals surface area (Å²) in [4.78, 5) is 10.6. The molecule has 1 aromatic heterocycles. The zero-order chi connectivity index (χ0) is 10.4. The number of aromatic nitrogens is 2. The lowest BCUT2D eigenvalue weighted by molar-refractivity contribution is 0.399. The molecule has 0 aliphatic rings. The van der Waals surface area contributed by atoms with Crippen molar-refractivity contribution in [3.63, 3.8) is 0 Å². The molecular formula is C10H18N4. The lowest BCUT2D eigenvalue weighted by Crippen LogP contribution is -2.26. The fourth-order valence-corrected chi connectivity index (χ4v) is 1.03. The molecule has 0 radical (unpaired) electrons. The molecule has 1 rings (SSSR count). The number of nitrogens with zero attached hydrogens (tertiary/aromatic N) is 3. The van der Waals surface area contributed by atoms with Crippen LogP contribution in [0.4, 0.5) is 0 Å². The van der Waals surface area contributed by atoms with E-state index in [1.807, 2.05) is 13.1 Å². The third-order valence-corrected chi connectivity index (χ3v) is 1.88. The molecular weight excluding hydrogens is 176 g/mol. The van der Waals surface area contributed by atoms with Crippen LogP contribution in [-0.4, -0.2) is 42.1 Å². The standard InChI is InChI=1S/C10H18N4/c1-9-6-13-10(8-12-9)7-11-4-5-14(2)3/h6,8,11H,4-5,7H2,1-3H3. The maximum Gasteiger partial charge on any atom is 0.0724 e. The van der Waals surface area contributed by atoms with Crippen LogP contribution in [0.5, 0.6) is 0 Å². The van der Waals surface area contributed by atoms with Crippen molar-refractivity contribution in [3.05, 3.63) is 23.8 Å². The predicted molar refractivity (Wildman–Crippen MR) is 57.0 cm³/mol. The van der Waals surface area contributed by atoms with Crippen molar-refractivity contribution in [2.75, 3.05) is 27.2 Å². The summed E-state index contributed by atoms with van der Waals surface area (Å²) in [5, 5.41) is 3.31. The third kappa shape index (κ3) is 4.30. The summed E-state index contributed by atoms with van der Waals surface area (Å²) < 4.78 is 0. The van der Waals surface area contributed by atoms with Gasteiger partial charge in [0.1, 0.15) is 0 Å². The summed E-state index contributed by atoms with van der Waals surface area (Å²) in [6.45, 7) is 4.75. The summed E-state index contributed by atoms with van der Waals surface area (Å²) >= 11 is 0. The van der Waals surface area contributed by atoms with Gasteiger partial charge >= 0.3 is 0 Å². The van der Waals surface area contributed by atoms with Crippen LogP contribution in [0.25, 0.3) is 0 Å². The van der Waals surface area contributed by atoms with E-state index in [0.29, 0.717) is 0 Å². The summed E-state index contributed by atoms with van der Waals surface area (Å²) in [6.07, 6.45) is 3.61. The van der Waals surface area contributed by atoms with E-state index in [-0.39, 0.29) is 0 Å². The van der Waals surface area contributed by atoms with Gasteiger partial charge in [-0.15, -0.1) is 0 Å². The van der Waals surface area contributed by atoms with Gasteiger partial charge in [-0.25, -0.2) is 0 Å². The highest BCUT2D eigenvalue weighted by atomic mass is 15.1. The second kappa shape index (κ2) is 5.67. The summed E-state index contributed by atoms with van der Waals surface area (Å²) in [7, 11) is 4.13. The van der Waals surface area contributed by atoms with E-state index in [0.717, 1.165) is 31.0 Å². The third-order valence-electron chi connectivity index (χ3n) is 1.88. The first-order valence-electron chi connectivity index (χ1n) is 4.81. The Hall–Kier alpha value is -1.00. The van der Waals surface area contributed by atoms with Gasteiger partial charge in [-0.05, 0) is 21.0 Å². The monoisotopic (exact) mass is 194 g/mol. The Labute approximate surface area is 85.4 Å². The number of nitrogens with one attached hydrogen (secondary N) is 1. The molecule has 0 aliphatic heterocycles.